The Labute approximate surface area is 118 Å². The summed E-state index contributed by atoms with van der Waals surface area (Å²) in [6, 6.07) is -0.674. The summed E-state index contributed by atoms with van der Waals surface area (Å²) in [5, 5.41) is 12.1. The molecule has 2 saturated heterocycles. The van der Waals surface area contributed by atoms with E-state index in [2.05, 4.69) is 5.32 Å². The fourth-order valence-corrected chi connectivity index (χ4v) is 2.60. The molecule has 7 heteroatoms. The molecule has 114 valence electrons. The Morgan fingerprint density at radius 1 is 1.25 bits per heavy atom. The van der Waals surface area contributed by atoms with Gasteiger partial charge in [-0.2, -0.15) is 0 Å². The van der Waals surface area contributed by atoms with Gasteiger partial charge in [0.25, 0.3) is 0 Å². The Bertz CT molecular complexity index is 381. The van der Waals surface area contributed by atoms with Crippen LogP contribution >= 0.6 is 0 Å². The van der Waals surface area contributed by atoms with Gasteiger partial charge in [-0.1, -0.05) is 0 Å². The quantitative estimate of drug-likeness (QED) is 0.779. The SMILES string of the molecule is CN(C(=O)NC1(C)CCOCC1)C1COCC1C(=O)O. The van der Waals surface area contributed by atoms with Crippen LogP contribution in [0.3, 0.4) is 0 Å². The maximum absolute atomic E-state index is 12.3. The number of carboxylic acid groups (broad SMARTS) is 1. The van der Waals surface area contributed by atoms with Gasteiger partial charge >= 0.3 is 12.0 Å². The largest absolute Gasteiger partial charge is 0.481 e. The number of rotatable bonds is 3. The average molecular weight is 286 g/mol. The van der Waals surface area contributed by atoms with Gasteiger partial charge in [0.15, 0.2) is 0 Å². The molecule has 0 aromatic rings. The van der Waals surface area contributed by atoms with Crippen LogP contribution in [0, 0.1) is 5.92 Å². The van der Waals surface area contributed by atoms with Crippen molar-refractivity contribution in [2.75, 3.05) is 33.5 Å². The van der Waals surface area contributed by atoms with Gasteiger partial charge in [0.1, 0.15) is 5.92 Å². The van der Waals surface area contributed by atoms with Crippen molar-refractivity contribution in [3.8, 4) is 0 Å². The highest BCUT2D eigenvalue weighted by Crippen LogP contribution is 2.22. The lowest BCUT2D eigenvalue weighted by atomic mass is 9.92. The summed E-state index contributed by atoms with van der Waals surface area (Å²) in [6.45, 7) is 3.67. The molecule has 0 radical (unpaired) electrons. The maximum Gasteiger partial charge on any atom is 0.317 e. The van der Waals surface area contributed by atoms with Gasteiger partial charge < -0.3 is 24.8 Å². The molecular weight excluding hydrogens is 264 g/mol. The Morgan fingerprint density at radius 3 is 2.50 bits per heavy atom. The fourth-order valence-electron chi connectivity index (χ4n) is 2.60. The molecule has 0 aliphatic carbocycles. The van der Waals surface area contributed by atoms with Gasteiger partial charge in [-0.25, -0.2) is 4.79 Å². The monoisotopic (exact) mass is 286 g/mol. The van der Waals surface area contributed by atoms with Crippen molar-refractivity contribution >= 4 is 12.0 Å². The Balaban J connectivity index is 1.96. The molecule has 2 amide bonds. The van der Waals surface area contributed by atoms with Crippen molar-refractivity contribution in [2.45, 2.75) is 31.3 Å². The number of likely N-dealkylation sites (N-methyl/N-ethyl adjacent to an activating group) is 1. The Kier molecular flexibility index (Phi) is 4.49. The smallest absolute Gasteiger partial charge is 0.317 e. The van der Waals surface area contributed by atoms with E-state index in [1.54, 1.807) is 7.05 Å². The van der Waals surface area contributed by atoms with Crippen LogP contribution in [0.25, 0.3) is 0 Å². The van der Waals surface area contributed by atoms with Crippen molar-refractivity contribution in [1.82, 2.24) is 10.2 Å². The molecule has 2 atom stereocenters. The first kappa shape index (κ1) is 15.1. The number of ether oxygens (including phenoxy) is 2. The molecule has 0 saturated carbocycles. The summed E-state index contributed by atoms with van der Waals surface area (Å²) >= 11 is 0. The molecule has 0 aromatic heterocycles. The number of carboxylic acids is 1. The first-order valence-electron chi connectivity index (χ1n) is 6.86. The molecule has 20 heavy (non-hydrogen) atoms. The van der Waals surface area contributed by atoms with Crippen LogP contribution in [0.15, 0.2) is 0 Å². The van der Waals surface area contributed by atoms with Crippen LogP contribution in [0.5, 0.6) is 0 Å². The highest BCUT2D eigenvalue weighted by Gasteiger charge is 2.40. The second-order valence-electron chi connectivity index (χ2n) is 5.76. The number of hydrogen-bond acceptors (Lipinski definition) is 4. The normalized spacial score (nSPS) is 28.9. The van der Waals surface area contributed by atoms with Crippen LogP contribution in [-0.2, 0) is 14.3 Å². The second kappa shape index (κ2) is 5.97. The van der Waals surface area contributed by atoms with Crippen LogP contribution in [0.2, 0.25) is 0 Å². The standard InChI is InChI=1S/C13H22N2O5/c1-13(3-5-19-6-4-13)14-12(18)15(2)10-8-20-7-9(10)11(16)17/h9-10H,3-8H2,1-2H3,(H,14,18)(H,16,17). The number of hydrogen-bond donors (Lipinski definition) is 2. The van der Waals surface area contributed by atoms with Crippen molar-refractivity contribution in [2.24, 2.45) is 5.92 Å². The average Bonchev–Trinajstić information content (AvgIpc) is 2.87. The number of nitrogens with zero attached hydrogens (tertiary/aromatic N) is 1. The molecular formula is C13H22N2O5. The van der Waals surface area contributed by atoms with E-state index < -0.39 is 17.9 Å². The predicted molar refractivity (Wildman–Crippen MR) is 70.5 cm³/mol. The first-order valence-corrected chi connectivity index (χ1v) is 6.86. The van der Waals surface area contributed by atoms with E-state index in [0.717, 1.165) is 12.8 Å². The zero-order valence-electron chi connectivity index (χ0n) is 11.9. The Hall–Kier alpha value is -1.34. The van der Waals surface area contributed by atoms with E-state index in [0.29, 0.717) is 13.2 Å². The van der Waals surface area contributed by atoms with E-state index in [-0.39, 0.29) is 24.8 Å². The van der Waals surface area contributed by atoms with E-state index in [1.807, 2.05) is 6.92 Å². The van der Waals surface area contributed by atoms with Crippen LogP contribution in [0.1, 0.15) is 19.8 Å². The second-order valence-corrected chi connectivity index (χ2v) is 5.76. The number of carbonyl (C=O) groups is 2. The minimum Gasteiger partial charge on any atom is -0.481 e. The number of amides is 2. The molecule has 2 aliphatic heterocycles. The first-order chi connectivity index (χ1) is 9.43. The van der Waals surface area contributed by atoms with E-state index in [1.165, 1.54) is 4.90 Å². The van der Waals surface area contributed by atoms with Crippen molar-refractivity contribution in [1.29, 1.82) is 0 Å². The van der Waals surface area contributed by atoms with Gasteiger partial charge in [-0.15, -0.1) is 0 Å². The number of carbonyl (C=O) groups excluding carboxylic acids is 1. The third-order valence-electron chi connectivity index (χ3n) is 4.19. The van der Waals surface area contributed by atoms with E-state index in [4.69, 9.17) is 14.6 Å². The fraction of sp³-hybridized carbons (Fsp3) is 0.846. The van der Waals surface area contributed by atoms with Crippen molar-refractivity contribution < 1.29 is 24.2 Å². The Morgan fingerprint density at radius 2 is 1.90 bits per heavy atom. The summed E-state index contributed by atoms with van der Waals surface area (Å²) in [6.07, 6.45) is 1.52. The minimum absolute atomic E-state index is 0.155. The molecule has 2 rings (SSSR count). The third-order valence-corrected chi connectivity index (χ3v) is 4.19. The molecule has 2 aliphatic rings. The molecule has 0 spiro atoms. The maximum atomic E-state index is 12.3. The summed E-state index contributed by atoms with van der Waals surface area (Å²) in [5.41, 5.74) is -0.290. The van der Waals surface area contributed by atoms with Crippen molar-refractivity contribution in [3.05, 3.63) is 0 Å². The molecule has 2 unspecified atom stereocenters. The van der Waals surface area contributed by atoms with E-state index >= 15 is 0 Å². The lowest BCUT2D eigenvalue weighted by Gasteiger charge is -2.37. The molecule has 0 aromatic carbocycles. The minimum atomic E-state index is -0.926. The predicted octanol–water partition coefficient (Wildman–Crippen LogP) is 0.297. The van der Waals surface area contributed by atoms with Gasteiger partial charge in [0.05, 0.1) is 19.3 Å². The van der Waals surface area contributed by atoms with Crippen molar-refractivity contribution in [3.63, 3.8) is 0 Å². The lowest BCUT2D eigenvalue weighted by molar-refractivity contribution is -0.142. The molecule has 2 heterocycles. The van der Waals surface area contributed by atoms with Crippen LogP contribution < -0.4 is 5.32 Å². The topological polar surface area (TPSA) is 88.1 Å². The van der Waals surface area contributed by atoms with E-state index in [9.17, 15) is 9.59 Å². The summed E-state index contributed by atoms with van der Waals surface area (Å²) in [4.78, 5) is 24.9. The molecule has 2 N–H and O–H groups in total. The van der Waals surface area contributed by atoms with Gasteiger partial charge in [-0.3, -0.25) is 4.79 Å². The molecule has 2 fully saturated rings. The highest BCUT2D eigenvalue weighted by atomic mass is 16.5. The van der Waals surface area contributed by atoms with Gasteiger partial charge in [-0.05, 0) is 19.8 Å². The molecule has 7 nitrogen and oxygen atoms in total. The van der Waals surface area contributed by atoms with Crippen LogP contribution in [-0.4, -0.2) is 67.1 Å². The van der Waals surface area contributed by atoms with Gasteiger partial charge in [0.2, 0.25) is 0 Å². The number of urea groups is 1. The third kappa shape index (κ3) is 3.21. The summed E-state index contributed by atoms with van der Waals surface area (Å²) in [5.74, 6) is -1.59. The van der Waals surface area contributed by atoms with Gasteiger partial charge in [0, 0.05) is 25.8 Å². The van der Waals surface area contributed by atoms with Crippen LogP contribution in [0.4, 0.5) is 4.79 Å². The number of aliphatic carboxylic acids is 1. The summed E-state index contributed by atoms with van der Waals surface area (Å²) in [7, 11) is 1.62. The molecule has 0 bridgehead atoms. The zero-order chi connectivity index (χ0) is 14.8. The lowest BCUT2D eigenvalue weighted by Crippen LogP contribution is -2.56. The zero-order valence-corrected chi connectivity index (χ0v) is 11.9. The summed E-state index contributed by atoms with van der Waals surface area (Å²) < 4.78 is 10.5. The number of nitrogens with one attached hydrogen (secondary N) is 1. The highest BCUT2D eigenvalue weighted by molar-refractivity contribution is 5.77.